The molecular weight excluding hydrogens is 312 g/mol. The van der Waals surface area contributed by atoms with E-state index < -0.39 is 28.6 Å². The second-order valence-corrected chi connectivity index (χ2v) is 6.28. The van der Waals surface area contributed by atoms with Gasteiger partial charge < -0.3 is 15.2 Å². The van der Waals surface area contributed by atoms with Crippen LogP contribution in [0.2, 0.25) is 0 Å². The predicted molar refractivity (Wildman–Crippen MR) is 76.6 cm³/mol. The van der Waals surface area contributed by atoms with Crippen molar-refractivity contribution < 1.29 is 23.2 Å². The normalized spacial score (nSPS) is 27.4. The molecular formula is C14H15F2N3O4. The van der Waals surface area contributed by atoms with Gasteiger partial charge in [-0.05, 0) is 19.9 Å². The molecule has 2 aliphatic heterocycles. The molecule has 1 unspecified atom stereocenters. The van der Waals surface area contributed by atoms with Gasteiger partial charge >= 0.3 is 5.92 Å². The van der Waals surface area contributed by atoms with Gasteiger partial charge in [0.1, 0.15) is 11.4 Å². The summed E-state index contributed by atoms with van der Waals surface area (Å²) in [6, 6.07) is 3.22. The lowest BCUT2D eigenvalue weighted by Gasteiger charge is -2.48. The van der Waals surface area contributed by atoms with Crippen LogP contribution in [0.1, 0.15) is 25.8 Å². The van der Waals surface area contributed by atoms with Crippen molar-refractivity contribution >= 4 is 11.7 Å². The highest BCUT2D eigenvalue weighted by Crippen LogP contribution is 2.55. The summed E-state index contributed by atoms with van der Waals surface area (Å²) in [5.74, 6) is -3.26. The summed E-state index contributed by atoms with van der Waals surface area (Å²) in [5.41, 5.74) is 2.15. The first-order valence-corrected chi connectivity index (χ1v) is 6.90. The van der Waals surface area contributed by atoms with E-state index in [1.54, 1.807) is 13.8 Å². The van der Waals surface area contributed by atoms with Crippen LogP contribution in [0.25, 0.3) is 0 Å². The highest BCUT2D eigenvalue weighted by atomic mass is 19.3. The Balaban J connectivity index is 2.31. The molecule has 2 aliphatic rings. The fraction of sp³-hybridized carbons (Fsp3) is 0.500. The van der Waals surface area contributed by atoms with Crippen molar-refractivity contribution in [3.8, 4) is 5.75 Å². The van der Waals surface area contributed by atoms with Gasteiger partial charge in [-0.1, -0.05) is 0 Å². The van der Waals surface area contributed by atoms with Crippen molar-refractivity contribution in [2.45, 2.75) is 37.3 Å². The lowest BCUT2D eigenvalue weighted by atomic mass is 9.73. The molecule has 124 valence electrons. The molecule has 0 radical (unpaired) electrons. The number of alkyl halides is 2. The number of nitro groups is 1. The SMILES string of the molecule is CC1(C)CC2(N=C(N)OCC2(F)F)c2cc([N+](=O)[O-])ccc2O1. The number of nitro benzene ring substituents is 1. The van der Waals surface area contributed by atoms with Crippen molar-refractivity contribution in [2.24, 2.45) is 10.7 Å². The number of non-ortho nitro benzene ring substituents is 1. The zero-order valence-electron chi connectivity index (χ0n) is 12.5. The smallest absolute Gasteiger partial charge is 0.310 e. The fourth-order valence-electron chi connectivity index (χ4n) is 3.10. The number of hydrogen-bond acceptors (Lipinski definition) is 6. The summed E-state index contributed by atoms with van der Waals surface area (Å²) >= 11 is 0. The van der Waals surface area contributed by atoms with Crippen LogP contribution < -0.4 is 10.5 Å². The standard InChI is InChI=1S/C14H15F2N3O4/c1-12(2)6-13(14(15,16)7-22-11(17)18-13)9-5-8(19(20)21)3-4-10(9)23-12/h3-5H,6-7H2,1-2H3,(H2,17,18). The third-order valence-corrected chi connectivity index (χ3v) is 3.99. The zero-order chi connectivity index (χ0) is 17.0. The molecule has 2 heterocycles. The Bertz CT molecular complexity index is 720. The van der Waals surface area contributed by atoms with Gasteiger partial charge in [0.05, 0.1) is 4.92 Å². The van der Waals surface area contributed by atoms with Gasteiger partial charge in [-0.15, -0.1) is 0 Å². The van der Waals surface area contributed by atoms with E-state index in [0.717, 1.165) is 6.07 Å². The zero-order valence-corrected chi connectivity index (χ0v) is 12.5. The largest absolute Gasteiger partial charge is 0.487 e. The molecule has 0 saturated carbocycles. The number of amidine groups is 1. The first-order chi connectivity index (χ1) is 10.6. The highest BCUT2D eigenvalue weighted by Gasteiger charge is 2.63. The quantitative estimate of drug-likeness (QED) is 0.630. The third kappa shape index (κ3) is 2.27. The Morgan fingerprint density at radius 3 is 2.74 bits per heavy atom. The van der Waals surface area contributed by atoms with Gasteiger partial charge in [-0.3, -0.25) is 10.1 Å². The highest BCUT2D eigenvalue weighted by molar-refractivity contribution is 5.74. The molecule has 1 spiro atoms. The lowest BCUT2D eigenvalue weighted by Crippen LogP contribution is -2.58. The summed E-state index contributed by atoms with van der Waals surface area (Å²) in [4.78, 5) is 14.2. The molecule has 0 saturated heterocycles. The number of rotatable bonds is 1. The van der Waals surface area contributed by atoms with Crippen molar-refractivity contribution in [2.75, 3.05) is 6.61 Å². The molecule has 0 aliphatic carbocycles. The van der Waals surface area contributed by atoms with Crippen LogP contribution in [0.5, 0.6) is 5.75 Å². The van der Waals surface area contributed by atoms with Crippen molar-refractivity contribution in [3.63, 3.8) is 0 Å². The minimum absolute atomic E-state index is 0.0534. The molecule has 1 aromatic carbocycles. The second kappa shape index (κ2) is 4.53. The molecule has 3 rings (SSSR count). The Labute approximate surface area is 130 Å². The molecule has 0 amide bonds. The first-order valence-electron chi connectivity index (χ1n) is 6.90. The Kier molecular flexibility index (Phi) is 3.04. The first kappa shape index (κ1) is 15.4. The van der Waals surface area contributed by atoms with Gasteiger partial charge in [-0.25, -0.2) is 4.99 Å². The number of ether oxygens (including phenoxy) is 2. The number of aliphatic imine (C=N–C) groups is 1. The summed E-state index contributed by atoms with van der Waals surface area (Å²) in [5, 5.41) is 11.0. The van der Waals surface area contributed by atoms with E-state index in [1.165, 1.54) is 12.1 Å². The molecule has 0 aromatic heterocycles. The molecule has 9 heteroatoms. The van der Waals surface area contributed by atoms with E-state index in [1.807, 2.05) is 0 Å². The maximum Gasteiger partial charge on any atom is 0.310 e. The van der Waals surface area contributed by atoms with Gasteiger partial charge in [0.15, 0.2) is 12.1 Å². The molecule has 0 fully saturated rings. The van der Waals surface area contributed by atoms with Crippen LogP contribution in [0.15, 0.2) is 23.2 Å². The van der Waals surface area contributed by atoms with Crippen LogP contribution in [-0.4, -0.2) is 29.1 Å². The summed E-state index contributed by atoms with van der Waals surface area (Å²) < 4.78 is 39.9. The number of nitrogens with two attached hydrogens (primary N) is 1. The molecule has 2 N–H and O–H groups in total. The van der Waals surface area contributed by atoms with Crippen LogP contribution in [0.4, 0.5) is 14.5 Å². The minimum Gasteiger partial charge on any atom is -0.487 e. The van der Waals surface area contributed by atoms with Crippen molar-refractivity contribution in [1.82, 2.24) is 0 Å². The maximum atomic E-state index is 14.8. The van der Waals surface area contributed by atoms with E-state index in [9.17, 15) is 18.9 Å². The van der Waals surface area contributed by atoms with E-state index in [2.05, 4.69) is 9.73 Å². The van der Waals surface area contributed by atoms with Gasteiger partial charge in [0.25, 0.3) is 11.7 Å². The monoisotopic (exact) mass is 327 g/mol. The molecule has 1 atom stereocenters. The lowest BCUT2D eigenvalue weighted by molar-refractivity contribution is -0.385. The molecule has 1 aromatic rings. The average Bonchev–Trinajstić information content (AvgIpc) is 2.42. The van der Waals surface area contributed by atoms with E-state index in [4.69, 9.17) is 10.5 Å². The summed E-state index contributed by atoms with van der Waals surface area (Å²) in [6.45, 7) is 2.35. The van der Waals surface area contributed by atoms with E-state index >= 15 is 0 Å². The Hall–Kier alpha value is -2.45. The van der Waals surface area contributed by atoms with Crippen molar-refractivity contribution in [1.29, 1.82) is 0 Å². The molecule has 23 heavy (non-hydrogen) atoms. The number of nitrogens with zero attached hydrogens (tertiary/aromatic N) is 2. The Morgan fingerprint density at radius 2 is 2.09 bits per heavy atom. The summed E-state index contributed by atoms with van der Waals surface area (Å²) in [7, 11) is 0. The number of benzene rings is 1. The van der Waals surface area contributed by atoms with Crippen LogP contribution in [0, 0.1) is 10.1 Å². The number of fused-ring (bicyclic) bond motifs is 2. The topological polar surface area (TPSA) is 100.0 Å². The Morgan fingerprint density at radius 1 is 1.39 bits per heavy atom. The van der Waals surface area contributed by atoms with E-state index in [0.29, 0.717) is 0 Å². The van der Waals surface area contributed by atoms with Crippen molar-refractivity contribution in [3.05, 3.63) is 33.9 Å². The summed E-state index contributed by atoms with van der Waals surface area (Å²) in [6.07, 6.45) is -0.189. The van der Waals surface area contributed by atoms with Gasteiger partial charge in [0.2, 0.25) is 0 Å². The maximum absolute atomic E-state index is 14.8. The second-order valence-electron chi connectivity index (χ2n) is 6.28. The predicted octanol–water partition coefficient (Wildman–Crippen LogP) is 2.33. The number of halogens is 2. The van der Waals surface area contributed by atoms with Gasteiger partial charge in [-0.2, -0.15) is 8.78 Å². The van der Waals surface area contributed by atoms with Crippen LogP contribution >= 0.6 is 0 Å². The molecule has 7 nitrogen and oxygen atoms in total. The van der Waals surface area contributed by atoms with E-state index in [-0.39, 0.29) is 29.4 Å². The van der Waals surface area contributed by atoms with Crippen LogP contribution in [-0.2, 0) is 10.3 Å². The third-order valence-electron chi connectivity index (χ3n) is 3.99. The van der Waals surface area contributed by atoms with Gasteiger partial charge in [0, 0.05) is 24.1 Å². The average molecular weight is 327 g/mol. The van der Waals surface area contributed by atoms with Crippen LogP contribution in [0.3, 0.4) is 0 Å². The number of hydrogen-bond donors (Lipinski definition) is 1. The fourth-order valence-corrected chi connectivity index (χ4v) is 3.10. The molecule has 0 bridgehead atoms. The minimum atomic E-state index is -3.39.